The van der Waals surface area contributed by atoms with E-state index in [0.717, 1.165) is 18.2 Å². The number of imidazole rings is 1. The quantitative estimate of drug-likeness (QED) is 0.330. The van der Waals surface area contributed by atoms with E-state index >= 15 is 0 Å². The molecule has 5 nitrogen and oxygen atoms in total. The summed E-state index contributed by atoms with van der Waals surface area (Å²) < 4.78 is 80.4. The summed E-state index contributed by atoms with van der Waals surface area (Å²) in [6.07, 6.45) is -5.73. The van der Waals surface area contributed by atoms with Gasteiger partial charge in [-0.05, 0) is 24.0 Å². The molecule has 0 fully saturated rings. The van der Waals surface area contributed by atoms with Crippen LogP contribution in [0.25, 0.3) is 22.5 Å². The molecule has 29 heavy (non-hydrogen) atoms. The van der Waals surface area contributed by atoms with E-state index in [2.05, 4.69) is 15.1 Å². The van der Waals surface area contributed by atoms with Crippen LogP contribution in [0.4, 0.5) is 26.3 Å². The van der Waals surface area contributed by atoms with Gasteiger partial charge in [-0.15, -0.1) is 11.8 Å². The Morgan fingerprint density at radius 1 is 1.00 bits per heavy atom. The number of hydrogen-bond donors (Lipinski definition) is 0. The van der Waals surface area contributed by atoms with Crippen LogP contribution in [0.5, 0.6) is 0 Å². The molecule has 0 radical (unpaired) electrons. The first-order chi connectivity index (χ1) is 13.6. The van der Waals surface area contributed by atoms with E-state index in [1.165, 1.54) is 33.2 Å². The van der Waals surface area contributed by atoms with Gasteiger partial charge in [0.25, 0.3) is 0 Å². The third-order valence-corrected chi connectivity index (χ3v) is 5.02. The summed E-state index contributed by atoms with van der Waals surface area (Å²) in [5.74, 6) is 0.807. The molecule has 0 bridgehead atoms. The summed E-state index contributed by atoms with van der Waals surface area (Å²) in [5, 5.41) is 4.62. The molecule has 0 aliphatic heterocycles. The fraction of sp³-hybridized carbons (Fsp3) is 0.235. The van der Waals surface area contributed by atoms with Crippen LogP contribution in [0.15, 0.2) is 41.8 Å². The first-order valence-corrected chi connectivity index (χ1v) is 9.21. The van der Waals surface area contributed by atoms with Crippen LogP contribution < -0.4 is 0 Å². The maximum absolute atomic E-state index is 13.0. The highest BCUT2D eigenvalue weighted by atomic mass is 32.2. The molecule has 0 unspecified atom stereocenters. The SMILES string of the molecule is CCSc1c(-n2cc3ncc(C(F)(F)F)cc3n2)nc2cc(C(F)(F)F)ccn12. The predicted octanol–water partition coefficient (Wildman–Crippen LogP) is 5.22. The highest BCUT2D eigenvalue weighted by molar-refractivity contribution is 7.99. The molecular formula is C17H11F6N5S. The monoisotopic (exact) mass is 431 g/mol. The number of fused-ring (bicyclic) bond motifs is 2. The van der Waals surface area contributed by atoms with Crippen molar-refractivity contribution >= 4 is 28.4 Å². The molecular weight excluding hydrogens is 420 g/mol. The largest absolute Gasteiger partial charge is 0.417 e. The molecule has 4 rings (SSSR count). The van der Waals surface area contributed by atoms with Crippen molar-refractivity contribution in [3.63, 3.8) is 0 Å². The molecule has 4 aromatic rings. The minimum absolute atomic E-state index is 0.000287. The number of alkyl halides is 6. The van der Waals surface area contributed by atoms with Crippen LogP contribution in [0.3, 0.4) is 0 Å². The minimum Gasteiger partial charge on any atom is -0.293 e. The molecule has 0 aromatic carbocycles. The van der Waals surface area contributed by atoms with Crippen molar-refractivity contribution in [1.29, 1.82) is 0 Å². The van der Waals surface area contributed by atoms with E-state index in [4.69, 9.17) is 0 Å². The van der Waals surface area contributed by atoms with E-state index in [9.17, 15) is 26.3 Å². The first kappa shape index (κ1) is 19.6. The Bertz CT molecular complexity index is 1210. The van der Waals surface area contributed by atoms with Crippen LogP contribution in [0.2, 0.25) is 0 Å². The number of pyridine rings is 2. The lowest BCUT2D eigenvalue weighted by atomic mass is 10.2. The van der Waals surface area contributed by atoms with Crippen LogP contribution in [0, 0.1) is 0 Å². The molecule has 0 spiro atoms. The fourth-order valence-corrected chi connectivity index (χ4v) is 3.61. The molecule has 0 aliphatic carbocycles. The predicted molar refractivity (Wildman–Crippen MR) is 94.0 cm³/mol. The van der Waals surface area contributed by atoms with Crippen molar-refractivity contribution < 1.29 is 26.3 Å². The van der Waals surface area contributed by atoms with Gasteiger partial charge in [-0.1, -0.05) is 6.92 Å². The summed E-state index contributed by atoms with van der Waals surface area (Å²) in [7, 11) is 0. The number of thioether (sulfide) groups is 1. The molecule has 0 N–H and O–H groups in total. The summed E-state index contributed by atoms with van der Waals surface area (Å²) in [6.45, 7) is 1.86. The van der Waals surface area contributed by atoms with Crippen molar-refractivity contribution in [2.24, 2.45) is 0 Å². The number of nitrogens with zero attached hydrogens (tertiary/aromatic N) is 5. The Balaban J connectivity index is 1.89. The standard InChI is InChI=1S/C17H11F6N5S/c1-2-29-15-14(25-13-6-9(16(18,19)20)3-4-27(13)15)28-8-12-11(26-28)5-10(7-24-12)17(21,22)23/h3-8H,2H2,1H3. The second-order valence-electron chi connectivity index (χ2n) is 6.01. The average molecular weight is 431 g/mol. The van der Waals surface area contributed by atoms with Gasteiger partial charge >= 0.3 is 12.4 Å². The summed E-state index contributed by atoms with van der Waals surface area (Å²) in [4.78, 5) is 8.01. The van der Waals surface area contributed by atoms with Gasteiger partial charge in [0.1, 0.15) is 21.7 Å². The zero-order valence-corrected chi connectivity index (χ0v) is 15.4. The second kappa shape index (κ2) is 6.65. The van der Waals surface area contributed by atoms with Crippen LogP contribution in [-0.2, 0) is 12.4 Å². The van der Waals surface area contributed by atoms with E-state index < -0.39 is 23.5 Å². The normalized spacial score (nSPS) is 12.9. The molecule has 12 heteroatoms. The summed E-state index contributed by atoms with van der Waals surface area (Å²) in [6, 6.07) is 2.71. The van der Waals surface area contributed by atoms with E-state index in [1.54, 1.807) is 0 Å². The third-order valence-electron chi connectivity index (χ3n) is 4.08. The Hall–Kier alpha value is -2.76. The van der Waals surface area contributed by atoms with Gasteiger partial charge in [-0.2, -0.15) is 31.4 Å². The van der Waals surface area contributed by atoms with Crippen molar-refractivity contribution in [3.05, 3.63) is 47.9 Å². The van der Waals surface area contributed by atoms with Gasteiger partial charge in [0.05, 0.1) is 17.3 Å². The number of rotatable bonds is 3. The van der Waals surface area contributed by atoms with Crippen molar-refractivity contribution in [2.75, 3.05) is 5.75 Å². The van der Waals surface area contributed by atoms with Gasteiger partial charge < -0.3 is 0 Å². The molecule has 4 heterocycles. The Kier molecular flexibility index (Phi) is 4.48. The third kappa shape index (κ3) is 3.52. The number of hydrogen-bond acceptors (Lipinski definition) is 4. The maximum atomic E-state index is 13.0. The molecule has 152 valence electrons. The minimum atomic E-state index is -4.56. The average Bonchev–Trinajstić information content (AvgIpc) is 3.20. The van der Waals surface area contributed by atoms with Crippen LogP contribution in [-0.4, -0.2) is 29.9 Å². The van der Waals surface area contributed by atoms with Gasteiger partial charge in [0.2, 0.25) is 0 Å². The molecule has 0 saturated carbocycles. The number of halogens is 6. The molecule has 0 aliphatic rings. The Morgan fingerprint density at radius 3 is 2.38 bits per heavy atom. The van der Waals surface area contributed by atoms with Gasteiger partial charge in [-0.25, -0.2) is 9.67 Å². The van der Waals surface area contributed by atoms with Crippen LogP contribution in [0.1, 0.15) is 18.1 Å². The molecule has 0 saturated heterocycles. The topological polar surface area (TPSA) is 48.0 Å². The van der Waals surface area contributed by atoms with Crippen molar-refractivity contribution in [3.8, 4) is 5.82 Å². The smallest absolute Gasteiger partial charge is 0.293 e. The van der Waals surface area contributed by atoms with Gasteiger partial charge in [-0.3, -0.25) is 9.38 Å². The Labute approximate surface area is 163 Å². The molecule has 0 atom stereocenters. The highest BCUT2D eigenvalue weighted by Crippen LogP contribution is 2.34. The van der Waals surface area contributed by atoms with Crippen molar-refractivity contribution in [2.45, 2.75) is 24.3 Å². The summed E-state index contributed by atoms with van der Waals surface area (Å²) in [5.41, 5.74) is -1.53. The van der Waals surface area contributed by atoms with E-state index in [-0.39, 0.29) is 22.5 Å². The fourth-order valence-electron chi connectivity index (χ4n) is 2.77. The maximum Gasteiger partial charge on any atom is 0.417 e. The molecule has 0 amide bonds. The lowest BCUT2D eigenvalue weighted by Crippen LogP contribution is -2.05. The van der Waals surface area contributed by atoms with Gasteiger partial charge in [0.15, 0.2) is 5.82 Å². The van der Waals surface area contributed by atoms with Gasteiger partial charge in [0, 0.05) is 12.4 Å². The van der Waals surface area contributed by atoms with Crippen LogP contribution >= 0.6 is 11.8 Å². The zero-order valence-electron chi connectivity index (χ0n) is 14.6. The highest BCUT2D eigenvalue weighted by Gasteiger charge is 2.32. The van der Waals surface area contributed by atoms with E-state index in [0.29, 0.717) is 17.0 Å². The lowest BCUT2D eigenvalue weighted by Gasteiger charge is -2.07. The second-order valence-corrected chi connectivity index (χ2v) is 7.27. The van der Waals surface area contributed by atoms with Crippen molar-refractivity contribution in [1.82, 2.24) is 24.1 Å². The zero-order chi connectivity index (χ0) is 21.0. The Morgan fingerprint density at radius 2 is 1.72 bits per heavy atom. The van der Waals surface area contributed by atoms with E-state index in [1.807, 2.05) is 6.92 Å². The first-order valence-electron chi connectivity index (χ1n) is 8.23. The molecule has 4 aromatic heterocycles. The summed E-state index contributed by atoms with van der Waals surface area (Å²) >= 11 is 1.32. The number of aromatic nitrogens is 5. The lowest BCUT2D eigenvalue weighted by molar-refractivity contribution is -0.138.